The van der Waals surface area contributed by atoms with Crippen LogP contribution in [-0.4, -0.2) is 73.8 Å². The lowest BCUT2D eigenvalue weighted by Crippen LogP contribution is -2.44. The van der Waals surface area contributed by atoms with Gasteiger partial charge in [0, 0.05) is 19.4 Å². The van der Waals surface area contributed by atoms with Crippen LogP contribution < -0.4 is 5.73 Å². The summed E-state index contributed by atoms with van der Waals surface area (Å²) in [6.07, 6.45) is -1.05. The van der Waals surface area contributed by atoms with Crippen LogP contribution in [0.25, 0.3) is 11.0 Å². The third-order valence-corrected chi connectivity index (χ3v) is 4.79. The molecule has 0 amide bonds. The van der Waals surface area contributed by atoms with E-state index in [0.717, 1.165) is 0 Å². The number of nitrogen functional groups attached to an aromatic ring is 1. The zero-order chi connectivity index (χ0) is 21.2. The topological polar surface area (TPSA) is 145 Å². The Bertz CT molecular complexity index is 913. The second-order valence-electron chi connectivity index (χ2n) is 6.80. The molecule has 158 valence electrons. The summed E-state index contributed by atoms with van der Waals surface area (Å²) in [6, 6.07) is 0. The standard InChI is InChI=1S/C19H26N4O6/c1-4-27-13(28-5-2)7-6-11-8-23(17-14(11)16(20)21-10-22-17)18-19(3,26)15(25)12(9-24)29-18/h8,10,12-13,15,18,24-26H,4-5,9H2,1-3H3,(H2,20,21,22)/t12-,15-,18-,19-/m1/s1. The number of aliphatic hydroxyl groups excluding tert-OH is 2. The van der Waals surface area contributed by atoms with Crippen LogP contribution in [0.1, 0.15) is 32.6 Å². The number of ether oxygens (including phenoxy) is 3. The molecule has 0 spiro atoms. The third kappa shape index (κ3) is 3.93. The van der Waals surface area contributed by atoms with Gasteiger partial charge in [0.25, 0.3) is 0 Å². The molecule has 29 heavy (non-hydrogen) atoms. The third-order valence-electron chi connectivity index (χ3n) is 4.79. The van der Waals surface area contributed by atoms with Gasteiger partial charge in [-0.05, 0) is 26.7 Å². The number of hydrogen-bond donors (Lipinski definition) is 4. The zero-order valence-corrected chi connectivity index (χ0v) is 16.6. The van der Waals surface area contributed by atoms with E-state index in [0.29, 0.717) is 29.8 Å². The molecule has 4 atom stereocenters. The summed E-state index contributed by atoms with van der Waals surface area (Å²) >= 11 is 0. The molecule has 10 nitrogen and oxygen atoms in total. The van der Waals surface area contributed by atoms with Crippen molar-refractivity contribution in [2.45, 2.75) is 51.1 Å². The number of anilines is 1. The van der Waals surface area contributed by atoms with Crippen molar-refractivity contribution >= 4 is 16.9 Å². The highest BCUT2D eigenvalue weighted by molar-refractivity contribution is 5.92. The van der Waals surface area contributed by atoms with Crippen molar-refractivity contribution in [1.82, 2.24) is 14.5 Å². The molecule has 0 aromatic carbocycles. The van der Waals surface area contributed by atoms with E-state index < -0.39 is 36.9 Å². The van der Waals surface area contributed by atoms with Crippen molar-refractivity contribution in [3.05, 3.63) is 18.1 Å². The SMILES string of the molecule is CCOC(C#Cc1cn([C@@H]2O[C@H](CO)[C@@H](O)[C@@]2(C)O)c2ncnc(N)c12)OCC. The number of fused-ring (bicyclic) bond motifs is 1. The monoisotopic (exact) mass is 406 g/mol. The highest BCUT2D eigenvalue weighted by Gasteiger charge is 2.53. The Labute approximate surface area is 168 Å². The van der Waals surface area contributed by atoms with E-state index in [2.05, 4.69) is 21.8 Å². The molecule has 0 radical (unpaired) electrons. The molecule has 2 aromatic rings. The fourth-order valence-electron chi connectivity index (χ4n) is 3.34. The quantitative estimate of drug-likeness (QED) is 0.377. The predicted molar refractivity (Wildman–Crippen MR) is 103 cm³/mol. The lowest BCUT2D eigenvalue weighted by molar-refractivity contribution is -0.0970. The van der Waals surface area contributed by atoms with Gasteiger partial charge >= 0.3 is 0 Å². The van der Waals surface area contributed by atoms with Crippen LogP contribution in [0.5, 0.6) is 0 Å². The molecule has 0 bridgehead atoms. The minimum atomic E-state index is -1.68. The van der Waals surface area contributed by atoms with Crippen LogP contribution in [-0.2, 0) is 14.2 Å². The van der Waals surface area contributed by atoms with Crippen LogP contribution in [0.15, 0.2) is 12.5 Å². The summed E-state index contributed by atoms with van der Waals surface area (Å²) in [7, 11) is 0. The van der Waals surface area contributed by atoms with Gasteiger partial charge < -0.3 is 39.8 Å². The first kappa shape index (κ1) is 21.4. The van der Waals surface area contributed by atoms with Crippen LogP contribution in [0.3, 0.4) is 0 Å². The van der Waals surface area contributed by atoms with Gasteiger partial charge in [-0.15, -0.1) is 0 Å². The van der Waals surface area contributed by atoms with Gasteiger partial charge in [-0.1, -0.05) is 5.92 Å². The molecule has 5 N–H and O–H groups in total. The summed E-state index contributed by atoms with van der Waals surface area (Å²) < 4.78 is 18.1. The summed E-state index contributed by atoms with van der Waals surface area (Å²) in [5.74, 6) is 6.08. The minimum absolute atomic E-state index is 0.208. The molecule has 10 heteroatoms. The molecular weight excluding hydrogens is 380 g/mol. The first-order chi connectivity index (χ1) is 13.8. The average Bonchev–Trinajstić information content (AvgIpc) is 3.16. The Kier molecular flexibility index (Phi) is 6.38. The summed E-state index contributed by atoms with van der Waals surface area (Å²) in [5, 5.41) is 31.0. The van der Waals surface area contributed by atoms with Crippen LogP contribution >= 0.6 is 0 Å². The largest absolute Gasteiger partial charge is 0.394 e. The lowest BCUT2D eigenvalue weighted by atomic mass is 9.96. The molecule has 0 unspecified atom stereocenters. The second kappa shape index (κ2) is 8.62. The number of aliphatic hydroxyl groups is 3. The van der Waals surface area contributed by atoms with E-state index in [4.69, 9.17) is 19.9 Å². The Morgan fingerprint density at radius 2 is 2.03 bits per heavy atom. The maximum absolute atomic E-state index is 10.8. The van der Waals surface area contributed by atoms with E-state index in [-0.39, 0.29) is 5.82 Å². The van der Waals surface area contributed by atoms with E-state index in [1.807, 2.05) is 13.8 Å². The lowest BCUT2D eigenvalue weighted by Gasteiger charge is -2.27. The highest BCUT2D eigenvalue weighted by Crippen LogP contribution is 2.40. The van der Waals surface area contributed by atoms with Crippen molar-refractivity contribution in [2.75, 3.05) is 25.6 Å². The summed E-state index contributed by atoms with van der Waals surface area (Å²) in [6.45, 7) is 5.54. The van der Waals surface area contributed by atoms with E-state index in [1.165, 1.54) is 17.8 Å². The van der Waals surface area contributed by atoms with Crippen LogP contribution in [0.4, 0.5) is 5.82 Å². The first-order valence-corrected chi connectivity index (χ1v) is 9.37. The second-order valence-corrected chi connectivity index (χ2v) is 6.80. The predicted octanol–water partition coefficient (Wildman–Crippen LogP) is -0.234. The van der Waals surface area contributed by atoms with Crippen molar-refractivity contribution in [3.63, 3.8) is 0 Å². The zero-order valence-electron chi connectivity index (χ0n) is 16.6. The fraction of sp³-hybridized carbons (Fsp3) is 0.579. The maximum atomic E-state index is 10.8. The Morgan fingerprint density at radius 3 is 2.62 bits per heavy atom. The number of rotatable bonds is 6. The van der Waals surface area contributed by atoms with Crippen molar-refractivity contribution in [1.29, 1.82) is 0 Å². The van der Waals surface area contributed by atoms with Gasteiger partial charge in [0.05, 0.1) is 17.6 Å². The van der Waals surface area contributed by atoms with E-state index in [9.17, 15) is 15.3 Å². The van der Waals surface area contributed by atoms with Crippen LogP contribution in [0.2, 0.25) is 0 Å². The van der Waals surface area contributed by atoms with E-state index in [1.54, 1.807) is 6.20 Å². The molecule has 0 saturated carbocycles. The average molecular weight is 406 g/mol. The molecule has 3 heterocycles. The van der Waals surface area contributed by atoms with Crippen molar-refractivity contribution < 1.29 is 29.5 Å². The number of nitrogens with zero attached hydrogens (tertiary/aromatic N) is 3. The molecule has 0 aliphatic carbocycles. The summed E-state index contributed by atoms with van der Waals surface area (Å²) in [4.78, 5) is 8.28. The Balaban J connectivity index is 2.09. The van der Waals surface area contributed by atoms with Gasteiger partial charge in [-0.2, -0.15) is 0 Å². The van der Waals surface area contributed by atoms with Crippen molar-refractivity contribution in [3.8, 4) is 11.8 Å². The Morgan fingerprint density at radius 1 is 1.34 bits per heavy atom. The smallest absolute Gasteiger partial charge is 0.222 e. The van der Waals surface area contributed by atoms with Gasteiger partial charge in [-0.3, -0.25) is 0 Å². The molecule has 1 aliphatic rings. The van der Waals surface area contributed by atoms with Gasteiger partial charge in [0.1, 0.15) is 35.6 Å². The molecule has 1 fully saturated rings. The highest BCUT2D eigenvalue weighted by atomic mass is 16.7. The minimum Gasteiger partial charge on any atom is -0.394 e. The van der Waals surface area contributed by atoms with Gasteiger partial charge in [0.15, 0.2) is 6.23 Å². The van der Waals surface area contributed by atoms with E-state index >= 15 is 0 Å². The molecule has 2 aromatic heterocycles. The number of aromatic nitrogens is 3. The van der Waals surface area contributed by atoms with Crippen molar-refractivity contribution in [2.24, 2.45) is 0 Å². The van der Waals surface area contributed by atoms with Gasteiger partial charge in [0.2, 0.25) is 6.29 Å². The molecule has 1 aliphatic heterocycles. The molecule has 1 saturated heterocycles. The first-order valence-electron chi connectivity index (χ1n) is 9.37. The number of nitrogens with two attached hydrogens (primary N) is 1. The van der Waals surface area contributed by atoms with Crippen LogP contribution in [0, 0.1) is 11.8 Å². The summed E-state index contributed by atoms with van der Waals surface area (Å²) in [5.41, 5.74) is 5.24. The van der Waals surface area contributed by atoms with Gasteiger partial charge in [-0.25, -0.2) is 9.97 Å². The molecule has 3 rings (SSSR count). The Hall–Kier alpha value is -2.26. The fourth-order valence-corrected chi connectivity index (χ4v) is 3.34. The number of hydrogen-bond acceptors (Lipinski definition) is 9. The molecular formula is C19H26N4O6. The normalized spacial score (nSPS) is 26.8. The maximum Gasteiger partial charge on any atom is 0.222 e.